The minimum absolute atomic E-state index is 0.0992. The van der Waals surface area contributed by atoms with Crippen LogP contribution in [0.5, 0.6) is 0 Å². The van der Waals surface area contributed by atoms with E-state index in [0.29, 0.717) is 12.5 Å². The first-order valence-electron chi connectivity index (χ1n) is 6.16. The monoisotopic (exact) mass is 222 g/mol. The van der Waals surface area contributed by atoms with Crippen molar-refractivity contribution in [2.45, 2.75) is 57.5 Å². The standard InChI is InChI=1S/C13H22N2O/c1-3-5-12(14)13(16)15-11-8-6-10(4-2)7-9-11/h1,10-12H,4-9,14H2,2H3,(H,15,16). The summed E-state index contributed by atoms with van der Waals surface area (Å²) in [4.78, 5) is 11.6. The summed E-state index contributed by atoms with van der Waals surface area (Å²) in [7, 11) is 0. The van der Waals surface area contributed by atoms with Crippen molar-refractivity contribution in [1.82, 2.24) is 5.32 Å². The maximum atomic E-state index is 11.6. The van der Waals surface area contributed by atoms with Gasteiger partial charge in [0.2, 0.25) is 5.91 Å². The van der Waals surface area contributed by atoms with Crippen LogP contribution >= 0.6 is 0 Å². The summed E-state index contributed by atoms with van der Waals surface area (Å²) in [5.41, 5.74) is 5.64. The van der Waals surface area contributed by atoms with Crippen LogP contribution in [-0.2, 0) is 4.79 Å². The molecule has 1 saturated carbocycles. The number of carbonyl (C=O) groups is 1. The fraction of sp³-hybridized carbons (Fsp3) is 0.769. The van der Waals surface area contributed by atoms with Gasteiger partial charge in [-0.15, -0.1) is 12.3 Å². The van der Waals surface area contributed by atoms with Gasteiger partial charge in [-0.1, -0.05) is 13.3 Å². The molecule has 1 amide bonds. The van der Waals surface area contributed by atoms with Crippen molar-refractivity contribution in [3.05, 3.63) is 0 Å². The molecule has 0 radical (unpaired) electrons. The molecule has 1 unspecified atom stereocenters. The molecule has 1 rings (SSSR count). The lowest BCUT2D eigenvalue weighted by Crippen LogP contribution is -2.46. The van der Waals surface area contributed by atoms with E-state index in [1.165, 1.54) is 19.3 Å². The lowest BCUT2D eigenvalue weighted by Gasteiger charge is -2.29. The Morgan fingerprint density at radius 1 is 1.50 bits per heavy atom. The molecule has 0 aromatic rings. The predicted octanol–water partition coefficient (Wildman–Crippen LogP) is 1.42. The summed E-state index contributed by atoms with van der Waals surface area (Å²) in [5, 5.41) is 2.99. The van der Waals surface area contributed by atoms with Crippen LogP contribution in [0.1, 0.15) is 45.4 Å². The number of hydrogen-bond acceptors (Lipinski definition) is 2. The smallest absolute Gasteiger partial charge is 0.238 e. The molecule has 0 aromatic heterocycles. The number of terminal acetylenes is 1. The molecule has 0 saturated heterocycles. The third kappa shape index (κ3) is 3.86. The Kier molecular flexibility index (Phi) is 5.34. The van der Waals surface area contributed by atoms with Crippen molar-refractivity contribution in [3.8, 4) is 12.3 Å². The Bertz CT molecular complexity index is 262. The van der Waals surface area contributed by atoms with E-state index in [2.05, 4.69) is 18.2 Å². The summed E-state index contributed by atoms with van der Waals surface area (Å²) in [5.74, 6) is 3.16. The Morgan fingerprint density at radius 3 is 2.62 bits per heavy atom. The second-order valence-electron chi connectivity index (χ2n) is 4.65. The Morgan fingerprint density at radius 2 is 2.12 bits per heavy atom. The second kappa shape index (κ2) is 6.55. The first-order valence-corrected chi connectivity index (χ1v) is 6.16. The average Bonchev–Trinajstić information content (AvgIpc) is 2.30. The number of amides is 1. The third-order valence-electron chi connectivity index (χ3n) is 3.45. The Labute approximate surface area is 98.2 Å². The van der Waals surface area contributed by atoms with Crippen LogP contribution in [0.15, 0.2) is 0 Å². The summed E-state index contributed by atoms with van der Waals surface area (Å²) in [6.07, 6.45) is 11.3. The zero-order valence-electron chi connectivity index (χ0n) is 10.0. The zero-order valence-corrected chi connectivity index (χ0v) is 10.0. The normalized spacial score (nSPS) is 26.8. The van der Waals surface area contributed by atoms with Crippen LogP contribution < -0.4 is 11.1 Å². The molecule has 1 aliphatic carbocycles. The van der Waals surface area contributed by atoms with Gasteiger partial charge in [-0.25, -0.2) is 0 Å². The van der Waals surface area contributed by atoms with E-state index >= 15 is 0 Å². The maximum absolute atomic E-state index is 11.6. The van der Waals surface area contributed by atoms with Gasteiger partial charge >= 0.3 is 0 Å². The number of rotatable bonds is 4. The molecule has 0 spiro atoms. The fourth-order valence-corrected chi connectivity index (χ4v) is 2.24. The van der Waals surface area contributed by atoms with Gasteiger partial charge in [0, 0.05) is 12.5 Å². The number of nitrogens with two attached hydrogens (primary N) is 1. The van der Waals surface area contributed by atoms with E-state index in [9.17, 15) is 4.79 Å². The topological polar surface area (TPSA) is 55.1 Å². The van der Waals surface area contributed by atoms with E-state index < -0.39 is 6.04 Å². The first-order chi connectivity index (χ1) is 7.67. The molecule has 3 nitrogen and oxygen atoms in total. The molecule has 0 aromatic carbocycles. The van der Waals surface area contributed by atoms with Gasteiger partial charge in [0.15, 0.2) is 0 Å². The summed E-state index contributed by atoms with van der Waals surface area (Å²) < 4.78 is 0. The van der Waals surface area contributed by atoms with Gasteiger partial charge in [-0.2, -0.15) is 0 Å². The molecule has 3 heteroatoms. The van der Waals surface area contributed by atoms with Gasteiger partial charge in [0.1, 0.15) is 0 Å². The highest BCUT2D eigenvalue weighted by atomic mass is 16.2. The predicted molar refractivity (Wildman–Crippen MR) is 65.6 cm³/mol. The fourth-order valence-electron chi connectivity index (χ4n) is 2.24. The lowest BCUT2D eigenvalue weighted by atomic mass is 9.84. The highest BCUT2D eigenvalue weighted by molar-refractivity contribution is 5.82. The maximum Gasteiger partial charge on any atom is 0.238 e. The SMILES string of the molecule is C#CCC(N)C(=O)NC1CCC(CC)CC1. The highest BCUT2D eigenvalue weighted by Gasteiger charge is 2.22. The molecular formula is C13H22N2O. The van der Waals surface area contributed by atoms with Crippen molar-refractivity contribution in [2.24, 2.45) is 11.7 Å². The van der Waals surface area contributed by atoms with E-state index in [-0.39, 0.29) is 5.91 Å². The van der Waals surface area contributed by atoms with Gasteiger partial charge in [0.25, 0.3) is 0 Å². The van der Waals surface area contributed by atoms with Crippen LogP contribution in [0.3, 0.4) is 0 Å². The largest absolute Gasteiger partial charge is 0.352 e. The number of hydrogen-bond donors (Lipinski definition) is 2. The summed E-state index contributed by atoms with van der Waals surface area (Å²) in [6, 6.07) is -0.243. The molecule has 3 N–H and O–H groups in total. The molecule has 0 aliphatic heterocycles. The van der Waals surface area contributed by atoms with Crippen LogP contribution in [0, 0.1) is 18.3 Å². The van der Waals surface area contributed by atoms with Crippen molar-refractivity contribution in [3.63, 3.8) is 0 Å². The van der Waals surface area contributed by atoms with Crippen molar-refractivity contribution in [2.75, 3.05) is 0 Å². The van der Waals surface area contributed by atoms with Gasteiger partial charge in [-0.3, -0.25) is 4.79 Å². The van der Waals surface area contributed by atoms with E-state index in [0.717, 1.165) is 18.8 Å². The molecular weight excluding hydrogens is 200 g/mol. The van der Waals surface area contributed by atoms with Crippen LogP contribution in [-0.4, -0.2) is 18.0 Å². The lowest BCUT2D eigenvalue weighted by molar-refractivity contribution is -0.123. The number of nitrogens with one attached hydrogen (secondary N) is 1. The van der Waals surface area contributed by atoms with Gasteiger partial charge < -0.3 is 11.1 Å². The molecule has 1 atom stereocenters. The molecule has 0 heterocycles. The minimum atomic E-state index is -0.547. The van der Waals surface area contributed by atoms with E-state index in [4.69, 9.17) is 12.2 Å². The van der Waals surface area contributed by atoms with Crippen LogP contribution in [0.25, 0.3) is 0 Å². The van der Waals surface area contributed by atoms with E-state index in [1.54, 1.807) is 0 Å². The molecule has 1 fully saturated rings. The second-order valence-corrected chi connectivity index (χ2v) is 4.65. The molecule has 90 valence electrons. The van der Waals surface area contributed by atoms with E-state index in [1.807, 2.05) is 0 Å². The van der Waals surface area contributed by atoms with Crippen LogP contribution in [0.4, 0.5) is 0 Å². The molecule has 0 bridgehead atoms. The molecule has 16 heavy (non-hydrogen) atoms. The average molecular weight is 222 g/mol. The minimum Gasteiger partial charge on any atom is -0.352 e. The van der Waals surface area contributed by atoms with Crippen molar-refractivity contribution < 1.29 is 4.79 Å². The summed E-state index contributed by atoms with van der Waals surface area (Å²) in [6.45, 7) is 2.23. The highest BCUT2D eigenvalue weighted by Crippen LogP contribution is 2.26. The van der Waals surface area contributed by atoms with Gasteiger partial charge in [-0.05, 0) is 31.6 Å². The Balaban J connectivity index is 2.28. The quantitative estimate of drug-likeness (QED) is 0.707. The van der Waals surface area contributed by atoms with Crippen molar-refractivity contribution >= 4 is 5.91 Å². The zero-order chi connectivity index (χ0) is 12.0. The molecule has 1 aliphatic rings. The first kappa shape index (κ1) is 13.1. The third-order valence-corrected chi connectivity index (χ3v) is 3.45. The van der Waals surface area contributed by atoms with Crippen molar-refractivity contribution in [1.29, 1.82) is 0 Å². The number of carbonyl (C=O) groups excluding carboxylic acids is 1. The Hall–Kier alpha value is -1.01. The summed E-state index contributed by atoms with van der Waals surface area (Å²) >= 11 is 0. The van der Waals surface area contributed by atoms with Crippen LogP contribution in [0.2, 0.25) is 0 Å². The van der Waals surface area contributed by atoms with Gasteiger partial charge in [0.05, 0.1) is 6.04 Å².